The van der Waals surface area contributed by atoms with Crippen LogP contribution in [0.25, 0.3) is 0 Å². The van der Waals surface area contributed by atoms with Gasteiger partial charge in [-0.25, -0.2) is 8.78 Å². The van der Waals surface area contributed by atoms with Crippen molar-refractivity contribution in [2.75, 3.05) is 0 Å². The standard InChI is InChI=1S/C8H2Cl6F2/c9-7(10,11)3-1-4(8(12,13)14)6(16)2-5(3)15/h1-2H. The van der Waals surface area contributed by atoms with Crippen LogP contribution >= 0.6 is 69.6 Å². The third-order valence-electron chi connectivity index (χ3n) is 1.67. The van der Waals surface area contributed by atoms with Crippen LogP contribution in [0.4, 0.5) is 8.78 Å². The van der Waals surface area contributed by atoms with Crippen molar-refractivity contribution in [3.8, 4) is 0 Å². The van der Waals surface area contributed by atoms with Crippen LogP contribution in [0.5, 0.6) is 0 Å². The molecule has 0 aliphatic rings. The molecule has 1 rings (SSSR count). The molecule has 0 aromatic heterocycles. The van der Waals surface area contributed by atoms with E-state index in [-0.39, 0.29) is 11.1 Å². The molecule has 0 fully saturated rings. The van der Waals surface area contributed by atoms with Crippen molar-refractivity contribution in [1.29, 1.82) is 0 Å². The minimum Gasteiger partial charge on any atom is -0.206 e. The first-order valence-corrected chi connectivity index (χ1v) is 5.93. The van der Waals surface area contributed by atoms with Crippen molar-refractivity contribution < 1.29 is 8.78 Å². The highest BCUT2D eigenvalue weighted by Crippen LogP contribution is 2.45. The Balaban J connectivity index is 3.45. The van der Waals surface area contributed by atoms with Crippen molar-refractivity contribution in [2.24, 2.45) is 0 Å². The molecule has 0 unspecified atom stereocenters. The molecule has 1 aromatic rings. The fourth-order valence-corrected chi connectivity index (χ4v) is 1.85. The largest absolute Gasteiger partial charge is 0.218 e. The van der Waals surface area contributed by atoms with Gasteiger partial charge in [0.2, 0.25) is 7.59 Å². The highest BCUT2D eigenvalue weighted by molar-refractivity contribution is 6.67. The molecule has 0 saturated carbocycles. The smallest absolute Gasteiger partial charge is 0.206 e. The highest BCUT2D eigenvalue weighted by atomic mass is 35.6. The van der Waals surface area contributed by atoms with Crippen LogP contribution < -0.4 is 0 Å². The van der Waals surface area contributed by atoms with Gasteiger partial charge in [0.15, 0.2) is 0 Å². The minimum absolute atomic E-state index is 0.389. The second-order valence-corrected chi connectivity index (χ2v) is 7.37. The quantitative estimate of drug-likeness (QED) is 0.534. The summed E-state index contributed by atoms with van der Waals surface area (Å²) in [5, 5.41) is 0. The first kappa shape index (κ1) is 14.9. The van der Waals surface area contributed by atoms with Crippen LogP contribution in [0.2, 0.25) is 0 Å². The third-order valence-corrected chi connectivity index (χ3v) is 2.89. The number of benzene rings is 1. The van der Waals surface area contributed by atoms with Gasteiger partial charge in [0.1, 0.15) is 11.6 Å². The van der Waals surface area contributed by atoms with Gasteiger partial charge in [-0.3, -0.25) is 0 Å². The third kappa shape index (κ3) is 3.41. The van der Waals surface area contributed by atoms with Crippen LogP contribution in [0.15, 0.2) is 12.1 Å². The number of alkyl halides is 6. The van der Waals surface area contributed by atoms with Gasteiger partial charge < -0.3 is 0 Å². The van der Waals surface area contributed by atoms with E-state index in [1.54, 1.807) is 0 Å². The Morgan fingerprint density at radius 2 is 1.00 bits per heavy atom. The molecule has 0 atom stereocenters. The van der Waals surface area contributed by atoms with E-state index in [0.717, 1.165) is 6.07 Å². The predicted octanol–water partition coefficient (Wildman–Crippen LogP) is 5.62. The van der Waals surface area contributed by atoms with E-state index in [1.807, 2.05) is 0 Å². The molecule has 0 heterocycles. The molecule has 0 bridgehead atoms. The van der Waals surface area contributed by atoms with E-state index < -0.39 is 19.2 Å². The maximum atomic E-state index is 13.3. The van der Waals surface area contributed by atoms with Crippen molar-refractivity contribution in [3.63, 3.8) is 0 Å². The van der Waals surface area contributed by atoms with Crippen molar-refractivity contribution in [3.05, 3.63) is 34.9 Å². The normalized spacial score (nSPS) is 13.0. The van der Waals surface area contributed by atoms with Crippen LogP contribution in [-0.4, -0.2) is 0 Å². The second kappa shape index (κ2) is 4.83. The van der Waals surface area contributed by atoms with Gasteiger partial charge in [-0.1, -0.05) is 69.6 Å². The summed E-state index contributed by atoms with van der Waals surface area (Å²) >= 11 is 32.9. The lowest BCUT2D eigenvalue weighted by molar-refractivity contribution is 0.565. The van der Waals surface area contributed by atoms with Gasteiger partial charge in [-0.15, -0.1) is 0 Å². The second-order valence-electron chi connectivity index (χ2n) is 2.81. The number of hydrogen-bond donors (Lipinski definition) is 0. The van der Waals surface area contributed by atoms with Crippen molar-refractivity contribution in [2.45, 2.75) is 7.59 Å². The summed E-state index contributed by atoms with van der Waals surface area (Å²) in [5.41, 5.74) is -0.777. The first-order valence-electron chi connectivity index (χ1n) is 3.67. The summed E-state index contributed by atoms with van der Waals surface area (Å²) in [7, 11) is 0. The Morgan fingerprint density at radius 1 is 0.688 bits per heavy atom. The molecule has 90 valence electrons. The molecule has 0 amide bonds. The van der Waals surface area contributed by atoms with Crippen molar-refractivity contribution in [1.82, 2.24) is 0 Å². The maximum Gasteiger partial charge on any atom is 0.218 e. The van der Waals surface area contributed by atoms with Crippen LogP contribution in [0.3, 0.4) is 0 Å². The van der Waals surface area contributed by atoms with Gasteiger partial charge >= 0.3 is 0 Å². The van der Waals surface area contributed by atoms with E-state index in [1.165, 1.54) is 0 Å². The molecule has 0 N–H and O–H groups in total. The average molecular weight is 349 g/mol. The number of hydrogen-bond acceptors (Lipinski definition) is 0. The van der Waals surface area contributed by atoms with Crippen molar-refractivity contribution >= 4 is 69.6 Å². The van der Waals surface area contributed by atoms with E-state index in [4.69, 9.17) is 69.6 Å². The Kier molecular flexibility index (Phi) is 4.49. The molecule has 1 aromatic carbocycles. The molecule has 0 nitrogen and oxygen atoms in total. The Labute approximate surface area is 120 Å². The van der Waals surface area contributed by atoms with E-state index in [2.05, 4.69) is 0 Å². The number of rotatable bonds is 0. The molecule has 0 aliphatic heterocycles. The topological polar surface area (TPSA) is 0 Å². The van der Waals surface area contributed by atoms with Crippen LogP contribution in [0, 0.1) is 11.6 Å². The molecule has 8 heteroatoms. The zero-order valence-electron chi connectivity index (χ0n) is 7.18. The first-order chi connectivity index (χ1) is 7.03. The summed E-state index contributed by atoms with van der Waals surface area (Å²) in [6, 6.07) is 1.36. The van der Waals surface area contributed by atoms with E-state index >= 15 is 0 Å². The van der Waals surface area contributed by atoms with Gasteiger partial charge in [0, 0.05) is 17.2 Å². The van der Waals surface area contributed by atoms with Crippen LogP contribution in [-0.2, 0) is 7.59 Å². The fourth-order valence-electron chi connectivity index (χ4n) is 0.983. The zero-order valence-corrected chi connectivity index (χ0v) is 11.7. The molecule has 0 spiro atoms. The zero-order chi connectivity index (χ0) is 12.7. The van der Waals surface area contributed by atoms with E-state index in [9.17, 15) is 8.78 Å². The summed E-state index contributed by atoms with van der Waals surface area (Å²) in [5.74, 6) is -2.06. The Bertz CT molecular complexity index is 371. The lowest BCUT2D eigenvalue weighted by atomic mass is 10.1. The minimum atomic E-state index is -2.07. The van der Waals surface area contributed by atoms with Gasteiger partial charge in [0.25, 0.3) is 0 Å². The van der Waals surface area contributed by atoms with Gasteiger partial charge in [-0.2, -0.15) is 0 Å². The lowest BCUT2D eigenvalue weighted by Crippen LogP contribution is -2.11. The average Bonchev–Trinajstić information content (AvgIpc) is 1.97. The molecular formula is C8H2Cl6F2. The van der Waals surface area contributed by atoms with Crippen LogP contribution in [0.1, 0.15) is 11.1 Å². The molecular weight excluding hydrogens is 347 g/mol. The molecule has 0 radical (unpaired) electrons. The summed E-state index contributed by atoms with van der Waals surface area (Å²) in [4.78, 5) is 0. The number of halogens is 8. The fraction of sp³-hybridized carbons (Fsp3) is 0.250. The predicted molar refractivity (Wildman–Crippen MR) is 64.8 cm³/mol. The van der Waals surface area contributed by atoms with Gasteiger partial charge in [0.05, 0.1) is 0 Å². The summed E-state index contributed by atoms with van der Waals surface area (Å²) in [6.45, 7) is 0. The molecule has 0 aliphatic carbocycles. The molecule has 0 saturated heterocycles. The molecule has 16 heavy (non-hydrogen) atoms. The highest BCUT2D eigenvalue weighted by Gasteiger charge is 2.33. The SMILES string of the molecule is Fc1cc(F)c(C(Cl)(Cl)Cl)cc1C(Cl)(Cl)Cl. The summed E-state index contributed by atoms with van der Waals surface area (Å²) < 4.78 is 22.4. The monoisotopic (exact) mass is 346 g/mol. The van der Waals surface area contributed by atoms with E-state index in [0.29, 0.717) is 6.07 Å². The lowest BCUT2D eigenvalue weighted by Gasteiger charge is -2.18. The summed E-state index contributed by atoms with van der Waals surface area (Å²) in [6.07, 6.45) is 0. The Morgan fingerprint density at radius 3 is 1.25 bits per heavy atom. The van der Waals surface area contributed by atoms with Gasteiger partial charge in [-0.05, 0) is 6.07 Å². The maximum absolute atomic E-state index is 13.3. The Hall–Kier alpha value is 0.820.